The second-order valence-corrected chi connectivity index (χ2v) is 5.62. The molecule has 0 fully saturated rings. The third-order valence-electron chi connectivity index (χ3n) is 2.52. The normalized spacial score (nSPS) is 10.9. The first kappa shape index (κ1) is 18.4. The zero-order valence-corrected chi connectivity index (χ0v) is 11.1. The van der Waals surface area contributed by atoms with Crippen molar-refractivity contribution >= 4 is 47.9 Å². The average molecular weight is 298 g/mol. The van der Waals surface area contributed by atoms with Crippen molar-refractivity contribution in [3.8, 4) is 0 Å². The van der Waals surface area contributed by atoms with Gasteiger partial charge in [-0.1, -0.05) is 50.8 Å². The molecule has 5 heteroatoms. The van der Waals surface area contributed by atoms with Gasteiger partial charge in [-0.2, -0.15) is 8.42 Å². The molecular formula is C13H22CaO3S. The number of rotatable bonds is 8. The van der Waals surface area contributed by atoms with Crippen molar-refractivity contribution in [3.63, 3.8) is 0 Å². The van der Waals surface area contributed by atoms with Crippen LogP contribution in [-0.2, 0) is 14.3 Å². The van der Waals surface area contributed by atoms with Gasteiger partial charge in [0.15, 0.2) is 0 Å². The molecule has 0 bridgehead atoms. The SMILES string of the molecule is CCCCCCCOS(=O)(=O)c1ccccc1.[CaH2]. The molecule has 1 aromatic carbocycles. The molecule has 0 amide bonds. The molecule has 1 aromatic rings. The molecule has 0 saturated carbocycles. The van der Waals surface area contributed by atoms with E-state index in [4.69, 9.17) is 4.18 Å². The van der Waals surface area contributed by atoms with Crippen LogP contribution < -0.4 is 0 Å². The fraction of sp³-hybridized carbons (Fsp3) is 0.538. The summed E-state index contributed by atoms with van der Waals surface area (Å²) in [7, 11) is -3.55. The fourth-order valence-corrected chi connectivity index (χ4v) is 2.49. The predicted molar refractivity (Wildman–Crippen MR) is 76.9 cm³/mol. The van der Waals surface area contributed by atoms with Gasteiger partial charge in [-0.05, 0) is 18.6 Å². The van der Waals surface area contributed by atoms with Gasteiger partial charge in [0, 0.05) is 0 Å². The third kappa shape index (κ3) is 7.10. The summed E-state index contributed by atoms with van der Waals surface area (Å²) in [5.41, 5.74) is 0. The second kappa shape index (κ2) is 10.2. The van der Waals surface area contributed by atoms with Crippen LogP contribution in [0.4, 0.5) is 0 Å². The van der Waals surface area contributed by atoms with E-state index in [2.05, 4.69) is 6.92 Å². The molecule has 100 valence electrons. The minimum absolute atomic E-state index is 0. The molecule has 0 atom stereocenters. The first-order chi connectivity index (χ1) is 8.17. The van der Waals surface area contributed by atoms with Crippen LogP contribution in [0.25, 0.3) is 0 Å². The van der Waals surface area contributed by atoms with Crippen LogP contribution in [-0.4, -0.2) is 52.8 Å². The first-order valence-electron chi connectivity index (χ1n) is 6.11. The van der Waals surface area contributed by atoms with Crippen molar-refractivity contribution in [2.45, 2.75) is 43.9 Å². The Balaban J connectivity index is 0.00000289. The van der Waals surface area contributed by atoms with Gasteiger partial charge in [-0.25, -0.2) is 0 Å². The molecular weight excluding hydrogens is 276 g/mol. The van der Waals surface area contributed by atoms with Gasteiger partial charge in [0.25, 0.3) is 10.1 Å². The summed E-state index contributed by atoms with van der Waals surface area (Å²) in [5.74, 6) is 0. The van der Waals surface area contributed by atoms with Gasteiger partial charge in [-0.3, -0.25) is 4.18 Å². The van der Waals surface area contributed by atoms with Crippen LogP contribution in [0.5, 0.6) is 0 Å². The van der Waals surface area contributed by atoms with Crippen molar-refractivity contribution < 1.29 is 12.6 Å². The maximum absolute atomic E-state index is 11.7. The summed E-state index contributed by atoms with van der Waals surface area (Å²) >= 11 is 0. The van der Waals surface area contributed by atoms with E-state index < -0.39 is 10.1 Å². The molecule has 0 radical (unpaired) electrons. The Hall–Kier alpha value is 0.390. The number of hydrogen-bond donors (Lipinski definition) is 0. The molecule has 0 aliphatic carbocycles. The van der Waals surface area contributed by atoms with Crippen LogP contribution in [0.15, 0.2) is 35.2 Å². The summed E-state index contributed by atoms with van der Waals surface area (Å²) < 4.78 is 28.4. The molecule has 0 saturated heterocycles. The van der Waals surface area contributed by atoms with Crippen molar-refractivity contribution in [3.05, 3.63) is 30.3 Å². The zero-order valence-electron chi connectivity index (χ0n) is 10.3. The van der Waals surface area contributed by atoms with Crippen molar-refractivity contribution in [1.29, 1.82) is 0 Å². The van der Waals surface area contributed by atoms with Crippen LogP contribution >= 0.6 is 0 Å². The Morgan fingerprint density at radius 3 is 2.22 bits per heavy atom. The number of benzene rings is 1. The van der Waals surface area contributed by atoms with Crippen LogP contribution in [0, 0.1) is 0 Å². The standard InChI is InChI=1S/C13H20O3S.Ca.2H/c1-2-3-4-5-9-12-16-17(14,15)13-10-7-6-8-11-13;;;/h6-8,10-11H,2-5,9,12H2,1H3;;;. The Kier molecular flexibility index (Phi) is 10.4. The van der Waals surface area contributed by atoms with E-state index in [0.29, 0.717) is 0 Å². The Bertz CT molecular complexity index is 404. The summed E-state index contributed by atoms with van der Waals surface area (Å²) in [4.78, 5) is 0.230. The van der Waals surface area contributed by atoms with Crippen molar-refractivity contribution in [2.75, 3.05) is 6.61 Å². The molecule has 1 rings (SSSR count). The molecule has 0 aromatic heterocycles. The summed E-state index contributed by atoms with van der Waals surface area (Å²) in [6.45, 7) is 2.43. The molecule has 0 aliphatic heterocycles. The van der Waals surface area contributed by atoms with Gasteiger partial charge < -0.3 is 0 Å². The zero-order chi connectivity index (χ0) is 12.6. The van der Waals surface area contributed by atoms with Crippen LogP contribution in [0.1, 0.15) is 39.0 Å². The predicted octanol–water partition coefficient (Wildman–Crippen LogP) is 2.45. The van der Waals surface area contributed by atoms with Crippen molar-refractivity contribution in [1.82, 2.24) is 0 Å². The maximum atomic E-state index is 11.7. The van der Waals surface area contributed by atoms with Gasteiger partial charge in [-0.15, -0.1) is 0 Å². The summed E-state index contributed by atoms with van der Waals surface area (Å²) in [6, 6.07) is 8.26. The second-order valence-electron chi connectivity index (χ2n) is 4.00. The van der Waals surface area contributed by atoms with Crippen LogP contribution in [0.3, 0.4) is 0 Å². The van der Waals surface area contributed by atoms with E-state index in [9.17, 15) is 8.42 Å². The Labute approximate surface area is 140 Å². The molecule has 18 heavy (non-hydrogen) atoms. The molecule has 0 aliphatic rings. The third-order valence-corrected chi connectivity index (χ3v) is 3.84. The first-order valence-corrected chi connectivity index (χ1v) is 7.52. The monoisotopic (exact) mass is 298 g/mol. The van der Waals surface area contributed by atoms with E-state index in [-0.39, 0.29) is 49.2 Å². The molecule has 0 N–H and O–H groups in total. The fourth-order valence-electron chi connectivity index (χ4n) is 1.53. The minimum atomic E-state index is -3.55. The van der Waals surface area contributed by atoms with Gasteiger partial charge in [0.2, 0.25) is 0 Å². The van der Waals surface area contributed by atoms with Crippen molar-refractivity contribution in [2.24, 2.45) is 0 Å². The van der Waals surface area contributed by atoms with Gasteiger partial charge >= 0.3 is 37.7 Å². The van der Waals surface area contributed by atoms with E-state index in [1.807, 2.05) is 0 Å². The Morgan fingerprint density at radius 1 is 1.00 bits per heavy atom. The quantitative estimate of drug-likeness (QED) is 0.420. The van der Waals surface area contributed by atoms with Gasteiger partial charge in [0.05, 0.1) is 11.5 Å². The topological polar surface area (TPSA) is 43.4 Å². The molecule has 0 unspecified atom stereocenters. The summed E-state index contributed by atoms with van der Waals surface area (Å²) in [6.07, 6.45) is 5.35. The molecule has 3 nitrogen and oxygen atoms in total. The van der Waals surface area contributed by atoms with E-state index in [0.717, 1.165) is 19.3 Å². The van der Waals surface area contributed by atoms with Crippen LogP contribution in [0.2, 0.25) is 0 Å². The number of hydrogen-bond acceptors (Lipinski definition) is 3. The summed E-state index contributed by atoms with van der Waals surface area (Å²) in [5, 5.41) is 0. The average Bonchev–Trinajstić information content (AvgIpc) is 2.35. The number of unbranched alkanes of at least 4 members (excludes halogenated alkanes) is 4. The molecule has 0 heterocycles. The Morgan fingerprint density at radius 2 is 1.61 bits per heavy atom. The molecule has 0 spiro atoms. The van der Waals surface area contributed by atoms with E-state index in [1.54, 1.807) is 30.3 Å². The van der Waals surface area contributed by atoms with Gasteiger partial charge in [0.1, 0.15) is 0 Å². The van der Waals surface area contributed by atoms with E-state index in [1.165, 1.54) is 12.8 Å². The van der Waals surface area contributed by atoms with E-state index >= 15 is 0 Å².